The summed E-state index contributed by atoms with van der Waals surface area (Å²) in [5.41, 5.74) is 0. The van der Waals surface area contributed by atoms with Crippen molar-refractivity contribution in [3.8, 4) is 0 Å². The smallest absolute Gasteiger partial charge is 0.439 e. The first-order valence-corrected chi connectivity index (χ1v) is 3.14. The van der Waals surface area contributed by atoms with Crippen LogP contribution in [0.5, 0.6) is 0 Å². The molecule has 6 nitrogen and oxygen atoms in total. The Balaban J connectivity index is 0. The number of methoxy groups -OCH3 is 1. The molecule has 0 atom stereocenters. The fraction of sp³-hybridized carbons (Fsp3) is 0.500. The standard InChI is InChI=1S/C2H5NO4S.H2O/c1-7-2(4)8(3,5)6;/h1H3,(H2,3,5,6);1H2. The lowest BCUT2D eigenvalue weighted by Gasteiger charge is -1.90. The van der Waals surface area contributed by atoms with Gasteiger partial charge in [0.1, 0.15) is 0 Å². The molecule has 0 aromatic carbocycles. The Morgan fingerprint density at radius 2 is 1.89 bits per heavy atom. The van der Waals surface area contributed by atoms with Gasteiger partial charge in [0.2, 0.25) is 0 Å². The van der Waals surface area contributed by atoms with Crippen molar-refractivity contribution in [2.75, 3.05) is 7.11 Å². The first-order chi connectivity index (χ1) is 3.48. The topological polar surface area (TPSA) is 118 Å². The van der Waals surface area contributed by atoms with Crippen LogP contribution in [0.25, 0.3) is 0 Å². The van der Waals surface area contributed by atoms with Crippen LogP contribution in [0.3, 0.4) is 0 Å². The molecule has 9 heavy (non-hydrogen) atoms. The second-order valence-electron chi connectivity index (χ2n) is 0.999. The number of primary sulfonamides is 1. The lowest BCUT2D eigenvalue weighted by Crippen LogP contribution is -2.22. The summed E-state index contributed by atoms with van der Waals surface area (Å²) < 4.78 is 23.5. The Labute approximate surface area is 52.0 Å². The Kier molecular flexibility index (Phi) is 4.20. The highest BCUT2D eigenvalue weighted by Crippen LogP contribution is 1.82. The van der Waals surface area contributed by atoms with Gasteiger partial charge in [-0.1, -0.05) is 0 Å². The largest absolute Gasteiger partial charge is 0.456 e. The molecule has 0 bridgehead atoms. The summed E-state index contributed by atoms with van der Waals surface area (Å²) in [6.07, 6.45) is 0. The predicted octanol–water partition coefficient (Wildman–Crippen LogP) is -1.78. The normalized spacial score (nSPS) is 9.56. The summed E-state index contributed by atoms with van der Waals surface area (Å²) in [7, 11) is -3.18. The summed E-state index contributed by atoms with van der Waals surface area (Å²) in [4.78, 5) is 9.90. The number of sulfonamides is 1. The van der Waals surface area contributed by atoms with E-state index in [4.69, 9.17) is 0 Å². The Bertz CT molecular complexity index is 181. The highest BCUT2D eigenvalue weighted by atomic mass is 32.2. The van der Waals surface area contributed by atoms with Gasteiger partial charge in [0.15, 0.2) is 0 Å². The van der Waals surface area contributed by atoms with Gasteiger partial charge in [-0.3, -0.25) is 0 Å². The van der Waals surface area contributed by atoms with E-state index in [1.54, 1.807) is 0 Å². The number of ether oxygens (including phenoxy) is 1. The molecule has 7 heteroatoms. The number of carbonyl (C=O) groups excluding carboxylic acids is 1. The van der Waals surface area contributed by atoms with Gasteiger partial charge in [0.05, 0.1) is 7.11 Å². The number of hydrogen-bond acceptors (Lipinski definition) is 4. The van der Waals surface area contributed by atoms with Crippen LogP contribution in [0, 0.1) is 0 Å². The third-order valence-corrected chi connectivity index (χ3v) is 1.03. The Hall–Kier alpha value is -0.660. The number of nitrogens with two attached hydrogens (primary N) is 1. The van der Waals surface area contributed by atoms with Gasteiger partial charge in [0.25, 0.3) is 0 Å². The second-order valence-corrected chi connectivity index (χ2v) is 2.42. The molecule has 0 amide bonds. The van der Waals surface area contributed by atoms with Gasteiger partial charge in [-0.15, -0.1) is 0 Å². The SMILES string of the molecule is COC(=O)S(N)(=O)=O.O. The highest BCUT2D eigenvalue weighted by Gasteiger charge is 2.15. The van der Waals surface area contributed by atoms with E-state index in [1.807, 2.05) is 0 Å². The van der Waals surface area contributed by atoms with Gasteiger partial charge in [0, 0.05) is 0 Å². The summed E-state index contributed by atoms with van der Waals surface area (Å²) in [5.74, 6) is 0. The molecule has 0 aliphatic carbocycles. The average Bonchev–Trinajstić information content (AvgIpc) is 1.62. The van der Waals surface area contributed by atoms with Crippen LogP contribution in [0.15, 0.2) is 0 Å². The summed E-state index contributed by atoms with van der Waals surface area (Å²) in [5, 5.41) is 2.87. The molecule has 0 aromatic heterocycles. The number of carbonyl (C=O) groups is 1. The molecule has 4 N–H and O–H groups in total. The third-order valence-electron chi connectivity index (χ3n) is 0.399. The number of hydrogen-bond donors (Lipinski definition) is 1. The molecule has 0 spiro atoms. The molecule has 56 valence electrons. The van der Waals surface area contributed by atoms with Crippen molar-refractivity contribution in [2.24, 2.45) is 5.14 Å². The quantitative estimate of drug-likeness (QED) is 0.418. The molecule has 0 aromatic rings. The fourth-order valence-electron chi connectivity index (χ4n) is 0.116. The van der Waals surface area contributed by atoms with Crippen molar-refractivity contribution < 1.29 is 23.4 Å². The van der Waals surface area contributed by atoms with Gasteiger partial charge in [-0.2, -0.15) is 0 Å². The van der Waals surface area contributed by atoms with Crippen LogP contribution in [-0.2, 0) is 14.8 Å². The highest BCUT2D eigenvalue weighted by molar-refractivity contribution is 8.03. The van der Waals surface area contributed by atoms with Crippen molar-refractivity contribution in [3.05, 3.63) is 0 Å². The summed E-state index contributed by atoms with van der Waals surface area (Å²) in [6, 6.07) is 0. The van der Waals surface area contributed by atoms with Crippen LogP contribution in [0.1, 0.15) is 0 Å². The van der Waals surface area contributed by atoms with Crippen molar-refractivity contribution in [2.45, 2.75) is 0 Å². The summed E-state index contributed by atoms with van der Waals surface area (Å²) in [6.45, 7) is 0. The monoisotopic (exact) mass is 157 g/mol. The molecule has 0 saturated heterocycles. The van der Waals surface area contributed by atoms with Crippen LogP contribution in [0.4, 0.5) is 4.79 Å². The Morgan fingerprint density at radius 3 is 1.89 bits per heavy atom. The van der Waals surface area contributed by atoms with Crippen LogP contribution < -0.4 is 5.14 Å². The van der Waals surface area contributed by atoms with E-state index in [0.717, 1.165) is 7.11 Å². The average molecular weight is 157 g/mol. The van der Waals surface area contributed by atoms with Crippen LogP contribution >= 0.6 is 0 Å². The zero-order valence-corrected chi connectivity index (χ0v) is 5.44. The lowest BCUT2D eigenvalue weighted by molar-refractivity contribution is 0.197. The zero-order valence-electron chi connectivity index (χ0n) is 4.62. The maximum absolute atomic E-state index is 9.90. The van der Waals surface area contributed by atoms with E-state index < -0.39 is 15.3 Å². The molecule has 0 rings (SSSR count). The molecule has 0 unspecified atom stereocenters. The molecular weight excluding hydrogens is 150 g/mol. The van der Waals surface area contributed by atoms with Crippen molar-refractivity contribution in [1.29, 1.82) is 0 Å². The van der Waals surface area contributed by atoms with Crippen LogP contribution in [0.2, 0.25) is 0 Å². The minimum absolute atomic E-state index is 0. The molecule has 0 aliphatic rings. The van der Waals surface area contributed by atoms with Gasteiger partial charge < -0.3 is 10.2 Å². The van der Waals surface area contributed by atoms with E-state index in [9.17, 15) is 13.2 Å². The molecule has 0 saturated carbocycles. The van der Waals surface area contributed by atoms with Gasteiger partial charge in [-0.25, -0.2) is 18.4 Å². The summed E-state index contributed by atoms with van der Waals surface area (Å²) >= 11 is 0. The zero-order chi connectivity index (χ0) is 6.78. The minimum Gasteiger partial charge on any atom is -0.456 e. The predicted molar refractivity (Wildman–Crippen MR) is 29.1 cm³/mol. The third kappa shape index (κ3) is 3.88. The van der Waals surface area contributed by atoms with Crippen molar-refractivity contribution >= 4 is 15.3 Å². The second kappa shape index (κ2) is 3.38. The van der Waals surface area contributed by atoms with E-state index in [1.165, 1.54) is 0 Å². The van der Waals surface area contributed by atoms with Crippen molar-refractivity contribution in [1.82, 2.24) is 0 Å². The van der Waals surface area contributed by atoms with Gasteiger partial charge >= 0.3 is 15.3 Å². The van der Waals surface area contributed by atoms with E-state index in [2.05, 4.69) is 9.88 Å². The van der Waals surface area contributed by atoms with E-state index in [0.29, 0.717) is 0 Å². The number of rotatable bonds is 0. The van der Waals surface area contributed by atoms with Crippen LogP contribution in [-0.4, -0.2) is 26.3 Å². The molecule has 0 aliphatic heterocycles. The maximum atomic E-state index is 9.90. The fourth-order valence-corrected chi connectivity index (χ4v) is 0.348. The molecular formula is C2H7NO5S. The van der Waals surface area contributed by atoms with Gasteiger partial charge in [-0.05, 0) is 0 Å². The maximum Gasteiger partial charge on any atom is 0.439 e. The van der Waals surface area contributed by atoms with Crippen molar-refractivity contribution in [3.63, 3.8) is 0 Å². The van der Waals surface area contributed by atoms with E-state index in [-0.39, 0.29) is 5.48 Å². The first kappa shape index (κ1) is 11.2. The lowest BCUT2D eigenvalue weighted by atomic mass is 11.5. The minimum atomic E-state index is -4.11. The molecule has 0 heterocycles. The first-order valence-electron chi connectivity index (χ1n) is 1.59. The molecule has 0 radical (unpaired) electrons. The van der Waals surface area contributed by atoms with E-state index >= 15 is 0 Å². The molecule has 0 fully saturated rings. The Morgan fingerprint density at radius 1 is 1.56 bits per heavy atom.